The molecule has 22 heavy (non-hydrogen) atoms. The van der Waals surface area contributed by atoms with Crippen LogP contribution >= 0.6 is 0 Å². The number of aliphatic hydroxyl groups excluding tert-OH is 1. The second-order valence-electron chi connectivity index (χ2n) is 6.07. The summed E-state index contributed by atoms with van der Waals surface area (Å²) in [5.41, 5.74) is 5.69. The van der Waals surface area contributed by atoms with Gasteiger partial charge >= 0.3 is 5.97 Å². The topological polar surface area (TPSA) is 142 Å². The van der Waals surface area contributed by atoms with Crippen LogP contribution in [0.1, 0.15) is 34.6 Å². The number of carbonyl (C=O) groups excluding carboxylic acids is 2. The minimum absolute atomic E-state index is 0.139. The number of nitrogens with two attached hydrogens (primary N) is 1. The molecule has 0 saturated carbocycles. The normalized spacial score (nSPS) is 16.8. The van der Waals surface area contributed by atoms with E-state index in [1.165, 1.54) is 6.92 Å². The Hall–Kier alpha value is -1.67. The van der Waals surface area contributed by atoms with E-state index in [2.05, 4.69) is 10.6 Å². The standard InChI is InChI=1S/C14H27N3O5/c1-6(2)9(15)12(19)17-11(8(5)18)13(20)16-10(7(3)4)14(21)22/h6-11,18H,15H2,1-5H3,(H,16,20)(H,17,19)(H,21,22). The van der Waals surface area contributed by atoms with E-state index in [1.54, 1.807) is 27.7 Å². The van der Waals surface area contributed by atoms with E-state index in [1.807, 2.05) is 0 Å². The molecule has 0 radical (unpaired) electrons. The zero-order chi connectivity index (χ0) is 17.6. The quantitative estimate of drug-likeness (QED) is 0.391. The smallest absolute Gasteiger partial charge is 0.326 e. The number of aliphatic hydroxyl groups is 1. The molecule has 8 nitrogen and oxygen atoms in total. The summed E-state index contributed by atoms with van der Waals surface area (Å²) >= 11 is 0. The number of rotatable bonds is 8. The van der Waals surface area contributed by atoms with Crippen molar-refractivity contribution in [3.8, 4) is 0 Å². The van der Waals surface area contributed by atoms with E-state index in [9.17, 15) is 19.5 Å². The van der Waals surface area contributed by atoms with Crippen LogP contribution in [0.2, 0.25) is 0 Å². The van der Waals surface area contributed by atoms with Crippen molar-refractivity contribution >= 4 is 17.8 Å². The first-order valence-electron chi connectivity index (χ1n) is 7.26. The van der Waals surface area contributed by atoms with Gasteiger partial charge in [0, 0.05) is 0 Å². The molecule has 0 bridgehead atoms. The maximum absolute atomic E-state index is 12.1. The van der Waals surface area contributed by atoms with Gasteiger partial charge in [0.05, 0.1) is 12.1 Å². The molecule has 0 saturated heterocycles. The van der Waals surface area contributed by atoms with Gasteiger partial charge in [-0.25, -0.2) is 4.79 Å². The van der Waals surface area contributed by atoms with Gasteiger partial charge in [0.15, 0.2) is 0 Å². The Labute approximate surface area is 130 Å². The third-order valence-corrected chi connectivity index (χ3v) is 3.31. The third kappa shape index (κ3) is 5.98. The van der Waals surface area contributed by atoms with Crippen LogP contribution in [0.4, 0.5) is 0 Å². The lowest BCUT2D eigenvalue weighted by atomic mass is 10.0. The number of amides is 2. The van der Waals surface area contributed by atoms with Crippen LogP contribution < -0.4 is 16.4 Å². The summed E-state index contributed by atoms with van der Waals surface area (Å²) in [7, 11) is 0. The molecule has 128 valence electrons. The summed E-state index contributed by atoms with van der Waals surface area (Å²) in [6, 6.07) is -3.20. The molecule has 0 aliphatic heterocycles. The first kappa shape index (κ1) is 20.3. The van der Waals surface area contributed by atoms with Gasteiger partial charge in [0.2, 0.25) is 11.8 Å². The van der Waals surface area contributed by atoms with Gasteiger partial charge in [-0.15, -0.1) is 0 Å². The van der Waals surface area contributed by atoms with Gasteiger partial charge in [-0.1, -0.05) is 27.7 Å². The average molecular weight is 317 g/mol. The Morgan fingerprint density at radius 1 is 0.864 bits per heavy atom. The lowest BCUT2D eigenvalue weighted by Crippen LogP contribution is -2.59. The number of aliphatic carboxylic acids is 1. The minimum atomic E-state index is -1.27. The number of carbonyl (C=O) groups is 3. The van der Waals surface area contributed by atoms with E-state index in [4.69, 9.17) is 10.8 Å². The first-order chi connectivity index (χ1) is 9.98. The highest BCUT2D eigenvalue weighted by Gasteiger charge is 2.32. The summed E-state index contributed by atoms with van der Waals surface area (Å²) in [4.78, 5) is 35.2. The molecule has 4 unspecified atom stereocenters. The molecule has 0 aliphatic rings. The van der Waals surface area contributed by atoms with E-state index >= 15 is 0 Å². The zero-order valence-corrected chi connectivity index (χ0v) is 13.7. The van der Waals surface area contributed by atoms with Crippen molar-refractivity contribution in [3.63, 3.8) is 0 Å². The van der Waals surface area contributed by atoms with E-state index < -0.39 is 42.0 Å². The largest absolute Gasteiger partial charge is 0.480 e. The summed E-state index contributed by atoms with van der Waals surface area (Å²) in [6.07, 6.45) is -1.19. The van der Waals surface area contributed by atoms with Gasteiger partial charge in [0.25, 0.3) is 0 Å². The van der Waals surface area contributed by atoms with Crippen molar-refractivity contribution in [3.05, 3.63) is 0 Å². The predicted octanol–water partition coefficient (Wildman–Crippen LogP) is -0.939. The molecule has 0 fully saturated rings. The second kappa shape index (κ2) is 8.70. The molecule has 0 aromatic heterocycles. The maximum Gasteiger partial charge on any atom is 0.326 e. The van der Waals surface area contributed by atoms with Crippen molar-refractivity contribution in [2.45, 2.75) is 58.8 Å². The predicted molar refractivity (Wildman–Crippen MR) is 80.8 cm³/mol. The van der Waals surface area contributed by atoms with E-state index in [-0.39, 0.29) is 11.8 Å². The van der Waals surface area contributed by atoms with Gasteiger partial charge in [-0.05, 0) is 18.8 Å². The lowest BCUT2D eigenvalue weighted by molar-refractivity contribution is -0.144. The van der Waals surface area contributed by atoms with Crippen LogP contribution in [0.3, 0.4) is 0 Å². The summed E-state index contributed by atoms with van der Waals surface area (Å²) in [5.74, 6) is -3.00. The molecule has 0 aromatic carbocycles. The Bertz CT molecular complexity index is 409. The number of carboxylic acids is 1. The van der Waals surface area contributed by atoms with Crippen LogP contribution in [-0.2, 0) is 14.4 Å². The first-order valence-corrected chi connectivity index (χ1v) is 7.26. The monoisotopic (exact) mass is 317 g/mol. The Morgan fingerprint density at radius 2 is 1.32 bits per heavy atom. The average Bonchev–Trinajstić information content (AvgIpc) is 2.39. The third-order valence-electron chi connectivity index (χ3n) is 3.31. The fourth-order valence-corrected chi connectivity index (χ4v) is 1.71. The fourth-order valence-electron chi connectivity index (χ4n) is 1.71. The van der Waals surface area contributed by atoms with Gasteiger partial charge in [-0.3, -0.25) is 9.59 Å². The molecule has 0 aromatic rings. The van der Waals surface area contributed by atoms with E-state index in [0.717, 1.165) is 0 Å². The number of carboxylic acid groups (broad SMARTS) is 1. The summed E-state index contributed by atoms with van der Waals surface area (Å²) in [6.45, 7) is 8.12. The highest BCUT2D eigenvalue weighted by atomic mass is 16.4. The van der Waals surface area contributed by atoms with Gasteiger partial charge in [-0.2, -0.15) is 0 Å². The summed E-state index contributed by atoms with van der Waals surface area (Å²) < 4.78 is 0. The SMILES string of the molecule is CC(C)C(N)C(=O)NC(C(=O)NC(C(=O)O)C(C)C)C(C)O. The van der Waals surface area contributed by atoms with Gasteiger partial charge < -0.3 is 26.6 Å². The molecule has 0 rings (SSSR count). The van der Waals surface area contributed by atoms with Crippen molar-refractivity contribution < 1.29 is 24.6 Å². The van der Waals surface area contributed by atoms with Crippen LogP contribution in [-0.4, -0.2) is 52.2 Å². The van der Waals surface area contributed by atoms with Crippen LogP contribution in [0.25, 0.3) is 0 Å². The fraction of sp³-hybridized carbons (Fsp3) is 0.786. The second-order valence-corrected chi connectivity index (χ2v) is 6.07. The molecular weight excluding hydrogens is 290 g/mol. The Kier molecular flexibility index (Phi) is 8.04. The summed E-state index contributed by atoms with van der Waals surface area (Å²) in [5, 5.41) is 23.4. The molecule has 2 amide bonds. The number of hydrogen-bond donors (Lipinski definition) is 5. The van der Waals surface area contributed by atoms with Crippen molar-refractivity contribution in [2.24, 2.45) is 17.6 Å². The minimum Gasteiger partial charge on any atom is -0.480 e. The highest BCUT2D eigenvalue weighted by molar-refractivity contribution is 5.92. The van der Waals surface area contributed by atoms with Crippen LogP contribution in [0.5, 0.6) is 0 Å². The number of hydrogen-bond acceptors (Lipinski definition) is 5. The molecule has 0 heterocycles. The number of nitrogens with one attached hydrogen (secondary N) is 2. The maximum atomic E-state index is 12.1. The van der Waals surface area contributed by atoms with Crippen LogP contribution in [0.15, 0.2) is 0 Å². The molecule has 4 atom stereocenters. The Balaban J connectivity index is 4.99. The lowest BCUT2D eigenvalue weighted by Gasteiger charge is -2.26. The van der Waals surface area contributed by atoms with Gasteiger partial charge in [0.1, 0.15) is 12.1 Å². The molecular formula is C14H27N3O5. The molecule has 0 aliphatic carbocycles. The molecule has 6 N–H and O–H groups in total. The molecule has 0 spiro atoms. The van der Waals surface area contributed by atoms with Crippen molar-refractivity contribution in [1.29, 1.82) is 0 Å². The van der Waals surface area contributed by atoms with E-state index in [0.29, 0.717) is 0 Å². The highest BCUT2D eigenvalue weighted by Crippen LogP contribution is 2.05. The molecule has 8 heteroatoms. The van der Waals surface area contributed by atoms with Crippen LogP contribution in [0, 0.1) is 11.8 Å². The Morgan fingerprint density at radius 3 is 1.64 bits per heavy atom. The van der Waals surface area contributed by atoms with Crippen molar-refractivity contribution in [1.82, 2.24) is 10.6 Å². The zero-order valence-electron chi connectivity index (χ0n) is 13.7. The van der Waals surface area contributed by atoms with Crippen molar-refractivity contribution in [2.75, 3.05) is 0 Å².